The second-order valence-electron chi connectivity index (χ2n) is 6.17. The van der Waals surface area contributed by atoms with Gasteiger partial charge in [0.1, 0.15) is 6.10 Å². The van der Waals surface area contributed by atoms with Crippen molar-refractivity contribution in [3.05, 3.63) is 48.3 Å². The summed E-state index contributed by atoms with van der Waals surface area (Å²) in [4.78, 5) is 2.14. The van der Waals surface area contributed by atoms with Crippen molar-refractivity contribution in [2.45, 2.75) is 18.8 Å². The quantitative estimate of drug-likeness (QED) is 0.848. The Hall–Kier alpha value is -1.73. The number of benzene rings is 1. The van der Waals surface area contributed by atoms with Crippen LogP contribution in [0.3, 0.4) is 0 Å². The normalized spacial score (nSPS) is 25.0. The van der Waals surface area contributed by atoms with Crippen LogP contribution in [0.25, 0.3) is 5.69 Å². The maximum absolute atomic E-state index is 10.0. The van der Waals surface area contributed by atoms with Crippen molar-refractivity contribution in [1.82, 2.24) is 14.7 Å². The molecule has 2 aromatic rings. The number of nitrogens with zero attached hydrogens (tertiary/aromatic N) is 3. The molecule has 0 spiro atoms. The fourth-order valence-corrected chi connectivity index (χ4v) is 2.96. The summed E-state index contributed by atoms with van der Waals surface area (Å²) in [7, 11) is 2.01. The van der Waals surface area contributed by atoms with Crippen molar-refractivity contribution in [3.8, 4) is 5.69 Å². The Morgan fingerprint density at radius 3 is 2.74 bits per heavy atom. The van der Waals surface area contributed by atoms with E-state index < -0.39 is 12.2 Å². The Labute approximate surface area is 135 Å². The summed E-state index contributed by atoms with van der Waals surface area (Å²) in [5.74, 6) is -0.0629. The fraction of sp³-hybridized carbons (Fsp3) is 0.471. The molecule has 6 nitrogen and oxygen atoms in total. The highest BCUT2D eigenvalue weighted by Crippen LogP contribution is 2.17. The maximum atomic E-state index is 10.0. The Bertz CT molecular complexity index is 600. The van der Waals surface area contributed by atoms with Gasteiger partial charge in [-0.05, 0) is 30.8 Å². The van der Waals surface area contributed by atoms with E-state index in [9.17, 15) is 10.2 Å². The molecule has 1 aromatic carbocycles. The van der Waals surface area contributed by atoms with Crippen LogP contribution in [0.1, 0.15) is 5.56 Å². The van der Waals surface area contributed by atoms with E-state index in [0.29, 0.717) is 13.2 Å². The highest BCUT2D eigenvalue weighted by molar-refractivity contribution is 5.33. The van der Waals surface area contributed by atoms with Gasteiger partial charge in [-0.15, -0.1) is 0 Å². The molecule has 0 bridgehead atoms. The van der Waals surface area contributed by atoms with Gasteiger partial charge in [0.2, 0.25) is 0 Å². The summed E-state index contributed by atoms with van der Waals surface area (Å²) in [5.41, 5.74) is 2.22. The number of hydrogen-bond acceptors (Lipinski definition) is 5. The van der Waals surface area contributed by atoms with Crippen LogP contribution >= 0.6 is 0 Å². The van der Waals surface area contributed by atoms with Gasteiger partial charge in [0, 0.05) is 31.4 Å². The van der Waals surface area contributed by atoms with E-state index in [4.69, 9.17) is 4.74 Å². The molecular weight excluding hydrogens is 294 g/mol. The molecule has 3 atom stereocenters. The molecule has 0 amide bonds. The molecule has 6 heteroatoms. The molecule has 0 radical (unpaired) electrons. The third kappa shape index (κ3) is 3.97. The number of aliphatic hydroxyl groups excluding tert-OH is 2. The van der Waals surface area contributed by atoms with Crippen molar-refractivity contribution in [3.63, 3.8) is 0 Å². The molecule has 1 aliphatic rings. The molecule has 3 rings (SSSR count). The number of hydrogen-bond donors (Lipinski definition) is 2. The average molecular weight is 317 g/mol. The first kappa shape index (κ1) is 16.1. The summed E-state index contributed by atoms with van der Waals surface area (Å²) in [6, 6.07) is 10.1. The minimum Gasteiger partial charge on any atom is -0.390 e. The van der Waals surface area contributed by atoms with Crippen LogP contribution in [0, 0.1) is 5.92 Å². The minimum atomic E-state index is -0.782. The standard InChI is InChI=1S/C17H23N3O3/c1-19(10-14-11-23-12-16(21)17(14)22)9-13-3-5-15(6-4-13)20-8-2-7-18-20/h2-8,14,16-17,21-22H,9-12H2,1H3/t14-,16-,17+/m1/s1. The predicted octanol–water partition coefficient (Wildman–Crippen LogP) is 0.672. The molecule has 1 fully saturated rings. The summed E-state index contributed by atoms with van der Waals surface area (Å²) >= 11 is 0. The zero-order chi connectivity index (χ0) is 16.2. The summed E-state index contributed by atoms with van der Waals surface area (Å²) in [5, 5.41) is 23.9. The lowest BCUT2D eigenvalue weighted by Gasteiger charge is -2.34. The van der Waals surface area contributed by atoms with Gasteiger partial charge >= 0.3 is 0 Å². The fourth-order valence-electron chi connectivity index (χ4n) is 2.96. The Balaban J connectivity index is 1.56. The highest BCUT2D eigenvalue weighted by atomic mass is 16.5. The molecule has 2 heterocycles. The minimum absolute atomic E-state index is 0.0629. The first-order valence-corrected chi connectivity index (χ1v) is 7.85. The molecule has 1 aromatic heterocycles. The zero-order valence-corrected chi connectivity index (χ0v) is 13.2. The number of rotatable bonds is 5. The lowest BCUT2D eigenvalue weighted by Crippen LogP contribution is -2.47. The van der Waals surface area contributed by atoms with Crippen LogP contribution in [0.2, 0.25) is 0 Å². The third-order valence-corrected chi connectivity index (χ3v) is 4.20. The van der Waals surface area contributed by atoms with E-state index in [1.54, 1.807) is 6.20 Å². The van der Waals surface area contributed by atoms with E-state index in [1.165, 1.54) is 5.56 Å². The smallest absolute Gasteiger partial charge is 0.104 e. The van der Waals surface area contributed by atoms with Gasteiger partial charge in [-0.1, -0.05) is 12.1 Å². The van der Waals surface area contributed by atoms with Gasteiger partial charge in [-0.3, -0.25) is 0 Å². The lowest BCUT2D eigenvalue weighted by molar-refractivity contribution is -0.125. The first-order chi connectivity index (χ1) is 11.1. The third-order valence-electron chi connectivity index (χ3n) is 4.20. The van der Waals surface area contributed by atoms with E-state index in [0.717, 1.165) is 12.2 Å². The monoisotopic (exact) mass is 317 g/mol. The largest absolute Gasteiger partial charge is 0.390 e. The van der Waals surface area contributed by atoms with Crippen molar-refractivity contribution < 1.29 is 14.9 Å². The van der Waals surface area contributed by atoms with Gasteiger partial charge in [0.15, 0.2) is 0 Å². The van der Waals surface area contributed by atoms with Gasteiger partial charge in [-0.2, -0.15) is 5.10 Å². The van der Waals surface area contributed by atoms with Gasteiger partial charge in [0.25, 0.3) is 0 Å². The Morgan fingerprint density at radius 1 is 1.26 bits per heavy atom. The number of aromatic nitrogens is 2. The average Bonchev–Trinajstić information content (AvgIpc) is 3.07. The Kier molecular flexibility index (Phi) is 5.07. The predicted molar refractivity (Wildman–Crippen MR) is 86.2 cm³/mol. The number of aliphatic hydroxyl groups is 2. The van der Waals surface area contributed by atoms with E-state index in [1.807, 2.05) is 36.1 Å². The molecule has 124 valence electrons. The van der Waals surface area contributed by atoms with Crippen LogP contribution in [-0.4, -0.2) is 63.9 Å². The zero-order valence-electron chi connectivity index (χ0n) is 13.2. The van der Waals surface area contributed by atoms with Crippen LogP contribution in [0.15, 0.2) is 42.7 Å². The summed E-state index contributed by atoms with van der Waals surface area (Å²) in [6.07, 6.45) is 2.17. The number of ether oxygens (including phenoxy) is 1. The molecular formula is C17H23N3O3. The molecule has 2 N–H and O–H groups in total. The summed E-state index contributed by atoms with van der Waals surface area (Å²) < 4.78 is 7.15. The Morgan fingerprint density at radius 2 is 2.04 bits per heavy atom. The SMILES string of the molecule is CN(Cc1ccc(-n2cccn2)cc1)C[C@@H]1COC[C@@H](O)[C@H]1O. The van der Waals surface area contributed by atoms with Crippen molar-refractivity contribution >= 4 is 0 Å². The van der Waals surface area contributed by atoms with Crippen LogP contribution < -0.4 is 0 Å². The van der Waals surface area contributed by atoms with E-state index >= 15 is 0 Å². The second kappa shape index (κ2) is 7.23. The molecule has 1 saturated heterocycles. The van der Waals surface area contributed by atoms with Crippen molar-refractivity contribution in [2.75, 3.05) is 26.8 Å². The van der Waals surface area contributed by atoms with Gasteiger partial charge in [-0.25, -0.2) is 4.68 Å². The van der Waals surface area contributed by atoms with Crippen molar-refractivity contribution in [2.24, 2.45) is 5.92 Å². The van der Waals surface area contributed by atoms with Crippen LogP contribution in [0.4, 0.5) is 0 Å². The topological polar surface area (TPSA) is 70.8 Å². The molecule has 0 aliphatic carbocycles. The molecule has 0 saturated carbocycles. The highest BCUT2D eigenvalue weighted by Gasteiger charge is 2.31. The van der Waals surface area contributed by atoms with E-state index in [-0.39, 0.29) is 12.5 Å². The van der Waals surface area contributed by atoms with Gasteiger partial charge in [0.05, 0.1) is 25.0 Å². The molecule has 23 heavy (non-hydrogen) atoms. The first-order valence-electron chi connectivity index (χ1n) is 7.85. The lowest BCUT2D eigenvalue weighted by atomic mass is 9.96. The van der Waals surface area contributed by atoms with Gasteiger partial charge < -0.3 is 19.8 Å². The van der Waals surface area contributed by atoms with Crippen LogP contribution in [0.5, 0.6) is 0 Å². The maximum Gasteiger partial charge on any atom is 0.104 e. The summed E-state index contributed by atoms with van der Waals surface area (Å²) in [6.45, 7) is 2.16. The second-order valence-corrected chi connectivity index (χ2v) is 6.17. The molecule has 0 unspecified atom stereocenters. The van der Waals surface area contributed by atoms with Crippen molar-refractivity contribution in [1.29, 1.82) is 0 Å². The molecule has 1 aliphatic heterocycles. The van der Waals surface area contributed by atoms with Crippen LogP contribution in [-0.2, 0) is 11.3 Å². The van der Waals surface area contributed by atoms with E-state index in [2.05, 4.69) is 22.1 Å².